The zero-order chi connectivity index (χ0) is 33.4. The Bertz CT molecular complexity index is 1750. The first-order chi connectivity index (χ1) is 21.9. The van der Waals surface area contributed by atoms with Gasteiger partial charge in [0.05, 0.1) is 10.6 Å². The van der Waals surface area contributed by atoms with Gasteiger partial charge in [0, 0.05) is 29.1 Å². The van der Waals surface area contributed by atoms with Crippen molar-refractivity contribution in [1.82, 2.24) is 10.2 Å². The van der Waals surface area contributed by atoms with E-state index in [0.717, 1.165) is 21.0 Å². The van der Waals surface area contributed by atoms with E-state index >= 15 is 0 Å². The average molecular weight is 681 g/mol. The van der Waals surface area contributed by atoms with E-state index in [2.05, 4.69) is 5.32 Å². The Hall–Kier alpha value is -3.85. The van der Waals surface area contributed by atoms with Gasteiger partial charge in [0.15, 0.2) is 0 Å². The van der Waals surface area contributed by atoms with Crippen LogP contribution in [0, 0.1) is 13.8 Å². The summed E-state index contributed by atoms with van der Waals surface area (Å²) in [7, 11) is -4.22. The van der Waals surface area contributed by atoms with Crippen molar-refractivity contribution < 1.29 is 18.0 Å². The second-order valence-electron chi connectivity index (χ2n) is 11.4. The number of carbonyl (C=O) groups is 2. The highest BCUT2D eigenvalue weighted by molar-refractivity contribution is 7.92. The molecule has 2 atom stereocenters. The molecule has 0 bridgehead atoms. The molecule has 4 aromatic rings. The van der Waals surface area contributed by atoms with Gasteiger partial charge in [-0.1, -0.05) is 90.3 Å². The van der Waals surface area contributed by atoms with Crippen molar-refractivity contribution in [2.75, 3.05) is 10.8 Å². The van der Waals surface area contributed by atoms with Crippen molar-refractivity contribution in [2.24, 2.45) is 0 Å². The number of halogens is 2. The van der Waals surface area contributed by atoms with Gasteiger partial charge in [-0.25, -0.2) is 8.42 Å². The zero-order valence-electron chi connectivity index (χ0n) is 26.4. The Morgan fingerprint density at radius 1 is 0.826 bits per heavy atom. The zero-order valence-corrected chi connectivity index (χ0v) is 28.7. The van der Waals surface area contributed by atoms with Crippen molar-refractivity contribution in [3.05, 3.63) is 129 Å². The summed E-state index contributed by atoms with van der Waals surface area (Å²) in [4.78, 5) is 30.0. The summed E-state index contributed by atoms with van der Waals surface area (Å²) < 4.78 is 29.6. The van der Waals surface area contributed by atoms with Crippen molar-refractivity contribution in [3.63, 3.8) is 0 Å². The maximum absolute atomic E-state index is 14.6. The quantitative estimate of drug-likeness (QED) is 0.160. The largest absolute Gasteiger partial charge is 0.352 e. The number of nitrogens with one attached hydrogen (secondary N) is 1. The number of aryl methyl sites for hydroxylation is 2. The van der Waals surface area contributed by atoms with Gasteiger partial charge >= 0.3 is 0 Å². The molecule has 46 heavy (non-hydrogen) atoms. The van der Waals surface area contributed by atoms with Crippen LogP contribution >= 0.6 is 23.2 Å². The van der Waals surface area contributed by atoms with Gasteiger partial charge in [-0.05, 0) is 86.3 Å². The summed E-state index contributed by atoms with van der Waals surface area (Å²) in [5.41, 5.74) is 3.39. The SMILES string of the molecule is CC[C@H](C)NC(=O)[C@@H](Cc1ccccc1)N(Cc1ccc(Cl)cc1)C(=O)CN(c1ccc(Cl)cc1C)S(=O)(=O)c1ccc(C)cc1. The molecule has 0 heterocycles. The van der Waals surface area contributed by atoms with Gasteiger partial charge in [0.1, 0.15) is 12.6 Å². The minimum atomic E-state index is -4.22. The fourth-order valence-corrected chi connectivity index (χ4v) is 6.86. The summed E-state index contributed by atoms with van der Waals surface area (Å²) in [6.45, 7) is 6.99. The van der Waals surface area contributed by atoms with Crippen LogP contribution in [0.25, 0.3) is 0 Å². The number of nitrogens with zero attached hydrogens (tertiary/aromatic N) is 2. The van der Waals surface area contributed by atoms with E-state index in [0.29, 0.717) is 27.7 Å². The summed E-state index contributed by atoms with van der Waals surface area (Å²) in [6.07, 6.45) is 0.931. The van der Waals surface area contributed by atoms with E-state index in [1.165, 1.54) is 17.0 Å². The maximum Gasteiger partial charge on any atom is 0.264 e. The molecule has 0 unspecified atom stereocenters. The Morgan fingerprint density at radius 2 is 1.46 bits per heavy atom. The Kier molecular flexibility index (Phi) is 11.9. The minimum Gasteiger partial charge on any atom is -0.352 e. The molecule has 0 aliphatic heterocycles. The van der Waals surface area contributed by atoms with E-state index in [9.17, 15) is 18.0 Å². The van der Waals surface area contributed by atoms with Crippen LogP contribution in [0.3, 0.4) is 0 Å². The molecule has 4 rings (SSSR count). The number of rotatable bonds is 13. The lowest BCUT2D eigenvalue weighted by Crippen LogP contribution is -2.54. The van der Waals surface area contributed by atoms with Crippen LogP contribution in [0.15, 0.2) is 102 Å². The first-order valence-electron chi connectivity index (χ1n) is 15.1. The van der Waals surface area contributed by atoms with Gasteiger partial charge in [-0.3, -0.25) is 13.9 Å². The molecular weight excluding hydrogens is 641 g/mol. The maximum atomic E-state index is 14.6. The number of amides is 2. The van der Waals surface area contributed by atoms with E-state index < -0.39 is 28.5 Å². The molecular formula is C36H39Cl2N3O4S. The fraction of sp³-hybridized carbons (Fsp3) is 0.278. The molecule has 1 N–H and O–H groups in total. The van der Waals surface area contributed by atoms with Crippen LogP contribution < -0.4 is 9.62 Å². The van der Waals surface area contributed by atoms with Gasteiger partial charge in [0.2, 0.25) is 11.8 Å². The summed E-state index contributed by atoms with van der Waals surface area (Å²) in [6, 6.07) is 26.7. The van der Waals surface area contributed by atoms with Gasteiger partial charge < -0.3 is 10.2 Å². The molecule has 242 valence electrons. The third kappa shape index (κ3) is 8.90. The normalized spacial score (nSPS) is 12.7. The first-order valence-corrected chi connectivity index (χ1v) is 17.3. The van der Waals surface area contributed by atoms with Crippen LogP contribution in [0.4, 0.5) is 5.69 Å². The van der Waals surface area contributed by atoms with E-state index in [1.807, 2.05) is 51.1 Å². The molecule has 0 aliphatic rings. The average Bonchev–Trinajstić information content (AvgIpc) is 3.03. The lowest BCUT2D eigenvalue weighted by molar-refractivity contribution is -0.140. The molecule has 0 spiro atoms. The van der Waals surface area contributed by atoms with E-state index in [4.69, 9.17) is 23.2 Å². The fourth-order valence-electron chi connectivity index (χ4n) is 5.03. The van der Waals surface area contributed by atoms with Crippen molar-refractivity contribution >= 4 is 50.7 Å². The smallest absolute Gasteiger partial charge is 0.264 e. The predicted molar refractivity (Wildman–Crippen MR) is 186 cm³/mol. The standard InChI is InChI=1S/C36H39Cl2N3O4S/c1-5-27(4)39-36(43)34(22-28-9-7-6-8-10-28)40(23-29-13-15-30(37)16-14-29)35(42)24-41(33-20-17-31(38)21-26(33)3)46(44,45)32-18-11-25(2)12-19-32/h6-21,27,34H,5,22-24H2,1-4H3,(H,39,43)/t27-,34+/m0/s1. The Balaban J connectivity index is 1.83. The number of carbonyl (C=O) groups excluding carboxylic acids is 2. The number of hydrogen-bond acceptors (Lipinski definition) is 4. The topological polar surface area (TPSA) is 86.8 Å². The van der Waals surface area contributed by atoms with Crippen LogP contribution in [0.2, 0.25) is 10.0 Å². The number of hydrogen-bond donors (Lipinski definition) is 1. The molecule has 0 aromatic heterocycles. The molecule has 7 nitrogen and oxygen atoms in total. The molecule has 4 aromatic carbocycles. The van der Waals surface area contributed by atoms with Crippen LogP contribution in [0.5, 0.6) is 0 Å². The highest BCUT2D eigenvalue weighted by Crippen LogP contribution is 2.30. The summed E-state index contributed by atoms with van der Waals surface area (Å²) >= 11 is 12.4. The third-order valence-electron chi connectivity index (χ3n) is 7.85. The first kappa shape index (κ1) is 35.0. The molecule has 0 saturated heterocycles. The molecule has 0 fully saturated rings. The van der Waals surface area contributed by atoms with Gasteiger partial charge in [-0.15, -0.1) is 0 Å². The monoisotopic (exact) mass is 679 g/mol. The number of benzene rings is 4. The minimum absolute atomic E-state index is 0.0415. The van der Waals surface area contributed by atoms with Crippen LogP contribution in [-0.2, 0) is 32.6 Å². The van der Waals surface area contributed by atoms with Crippen molar-refractivity contribution in [1.29, 1.82) is 0 Å². The lowest BCUT2D eigenvalue weighted by Gasteiger charge is -2.34. The molecule has 2 amide bonds. The summed E-state index contributed by atoms with van der Waals surface area (Å²) in [5, 5.41) is 4.01. The molecule has 0 aliphatic carbocycles. The molecule has 10 heteroatoms. The van der Waals surface area contributed by atoms with Crippen molar-refractivity contribution in [2.45, 2.75) is 64.1 Å². The Morgan fingerprint density at radius 3 is 2.07 bits per heavy atom. The molecule has 0 saturated carbocycles. The van der Waals surface area contributed by atoms with Crippen LogP contribution in [0.1, 0.15) is 42.5 Å². The second kappa shape index (κ2) is 15.6. The highest BCUT2D eigenvalue weighted by Gasteiger charge is 2.35. The summed E-state index contributed by atoms with van der Waals surface area (Å²) in [5.74, 6) is -0.864. The van der Waals surface area contributed by atoms with Gasteiger partial charge in [0.25, 0.3) is 10.0 Å². The molecule has 0 radical (unpaired) electrons. The number of sulfonamides is 1. The van der Waals surface area contributed by atoms with E-state index in [1.54, 1.807) is 61.5 Å². The third-order valence-corrected chi connectivity index (χ3v) is 10.1. The van der Waals surface area contributed by atoms with Gasteiger partial charge in [-0.2, -0.15) is 0 Å². The van der Waals surface area contributed by atoms with Crippen LogP contribution in [-0.4, -0.2) is 43.8 Å². The van der Waals surface area contributed by atoms with E-state index in [-0.39, 0.29) is 29.8 Å². The van der Waals surface area contributed by atoms with Crippen molar-refractivity contribution in [3.8, 4) is 0 Å². The highest BCUT2D eigenvalue weighted by atomic mass is 35.5. The Labute approximate surface area is 282 Å². The predicted octanol–water partition coefficient (Wildman–Crippen LogP) is 7.36. The second-order valence-corrected chi connectivity index (χ2v) is 14.2. The lowest BCUT2D eigenvalue weighted by atomic mass is 10.0. The number of anilines is 1.